The Morgan fingerprint density at radius 1 is 1.23 bits per heavy atom. The first-order chi connectivity index (χ1) is 6.09. The smallest absolute Gasteiger partial charge is 0.0989 e. The predicted octanol–water partition coefficient (Wildman–Crippen LogP) is 0.861. The fourth-order valence-corrected chi connectivity index (χ4v) is 1.77. The molecule has 0 bridgehead atoms. The van der Waals surface area contributed by atoms with Gasteiger partial charge in [0, 0.05) is 0 Å². The van der Waals surface area contributed by atoms with Crippen LogP contribution in [0.5, 0.6) is 0 Å². The number of rotatable bonds is 3. The van der Waals surface area contributed by atoms with E-state index in [1.807, 2.05) is 13.8 Å². The van der Waals surface area contributed by atoms with E-state index in [2.05, 4.69) is 12.3 Å². The zero-order chi connectivity index (χ0) is 9.84. The van der Waals surface area contributed by atoms with Crippen LogP contribution in [0.25, 0.3) is 0 Å². The van der Waals surface area contributed by atoms with Crippen LogP contribution in [-0.2, 0) is 0 Å². The highest BCUT2D eigenvalue weighted by molar-refractivity contribution is 4.72. The van der Waals surface area contributed by atoms with Crippen LogP contribution in [0.2, 0.25) is 0 Å². The summed E-state index contributed by atoms with van der Waals surface area (Å²) in [6.45, 7) is 6.18. The van der Waals surface area contributed by atoms with Crippen molar-refractivity contribution in [2.24, 2.45) is 5.92 Å². The standard InChI is InChI=1S/C10H22N2O/c1-8(2)12(13)11-10-6-4-9(3)5-7-10/h8-12H,4-7H2,1-3H3. The van der Waals surface area contributed by atoms with Crippen LogP contribution >= 0.6 is 0 Å². The Hall–Kier alpha value is -0.120. The molecule has 0 radical (unpaired) electrons. The Morgan fingerprint density at radius 3 is 2.23 bits per heavy atom. The van der Waals surface area contributed by atoms with Crippen molar-refractivity contribution >= 4 is 0 Å². The molecule has 1 saturated carbocycles. The van der Waals surface area contributed by atoms with Gasteiger partial charge in [0.2, 0.25) is 0 Å². The van der Waals surface area contributed by atoms with E-state index in [0.29, 0.717) is 6.04 Å². The van der Waals surface area contributed by atoms with Crippen LogP contribution in [0, 0.1) is 11.1 Å². The minimum Gasteiger partial charge on any atom is -0.613 e. The number of nitrogens with one attached hydrogen (secondary N) is 2. The lowest BCUT2D eigenvalue weighted by molar-refractivity contribution is -0.921. The summed E-state index contributed by atoms with van der Waals surface area (Å²) in [5.41, 5.74) is 3.10. The quantitative estimate of drug-likeness (QED) is 0.642. The van der Waals surface area contributed by atoms with Gasteiger partial charge in [0.15, 0.2) is 0 Å². The second-order valence-corrected chi connectivity index (χ2v) is 4.62. The fraction of sp³-hybridized carbons (Fsp3) is 1.00. The molecule has 0 spiro atoms. The molecule has 0 aromatic carbocycles. The molecule has 0 amide bonds. The molecule has 0 saturated heterocycles. The summed E-state index contributed by atoms with van der Waals surface area (Å²) < 4.78 is 0. The van der Waals surface area contributed by atoms with Crippen molar-refractivity contribution in [2.75, 3.05) is 0 Å². The van der Waals surface area contributed by atoms with E-state index in [4.69, 9.17) is 0 Å². The van der Waals surface area contributed by atoms with Crippen molar-refractivity contribution in [1.82, 2.24) is 5.43 Å². The van der Waals surface area contributed by atoms with E-state index >= 15 is 0 Å². The summed E-state index contributed by atoms with van der Waals surface area (Å²) in [5.74, 6) is 0.854. The lowest BCUT2D eigenvalue weighted by atomic mass is 9.88. The van der Waals surface area contributed by atoms with E-state index in [1.165, 1.54) is 25.7 Å². The SMILES string of the molecule is CC1CCC(N[NH+]([O-])C(C)C)CC1. The molecule has 78 valence electrons. The molecular formula is C10H22N2O. The first-order valence-electron chi connectivity index (χ1n) is 5.40. The molecule has 1 atom stereocenters. The van der Waals surface area contributed by atoms with Gasteiger partial charge in [-0.05, 0) is 45.4 Å². The van der Waals surface area contributed by atoms with Gasteiger partial charge in [-0.3, -0.25) is 5.17 Å². The van der Waals surface area contributed by atoms with Gasteiger partial charge < -0.3 is 5.21 Å². The molecule has 1 unspecified atom stereocenters. The topological polar surface area (TPSA) is 39.5 Å². The maximum Gasteiger partial charge on any atom is 0.0989 e. The lowest BCUT2D eigenvalue weighted by Gasteiger charge is -2.34. The molecule has 3 heteroatoms. The van der Waals surface area contributed by atoms with E-state index in [-0.39, 0.29) is 11.2 Å². The van der Waals surface area contributed by atoms with Crippen LogP contribution in [0.15, 0.2) is 0 Å². The second kappa shape index (κ2) is 4.94. The third-order valence-electron chi connectivity index (χ3n) is 2.89. The largest absolute Gasteiger partial charge is 0.613 e. The van der Waals surface area contributed by atoms with Gasteiger partial charge in [0.05, 0.1) is 12.1 Å². The van der Waals surface area contributed by atoms with Crippen LogP contribution in [-0.4, -0.2) is 12.1 Å². The van der Waals surface area contributed by atoms with Crippen molar-refractivity contribution < 1.29 is 5.17 Å². The molecule has 0 aromatic heterocycles. The van der Waals surface area contributed by atoms with Gasteiger partial charge in [-0.25, -0.2) is 0 Å². The van der Waals surface area contributed by atoms with Crippen LogP contribution in [0.1, 0.15) is 46.5 Å². The average Bonchev–Trinajstić information content (AvgIpc) is 2.08. The molecule has 1 aliphatic carbocycles. The maximum atomic E-state index is 11.4. The number of quaternary nitrogens is 1. The van der Waals surface area contributed by atoms with Crippen LogP contribution in [0.3, 0.4) is 0 Å². The highest BCUT2D eigenvalue weighted by Crippen LogP contribution is 2.22. The highest BCUT2D eigenvalue weighted by atomic mass is 16.5. The summed E-state index contributed by atoms with van der Waals surface area (Å²) in [6, 6.07) is 0.574. The zero-order valence-corrected chi connectivity index (χ0v) is 8.97. The van der Waals surface area contributed by atoms with E-state index in [1.54, 1.807) is 0 Å². The monoisotopic (exact) mass is 186 g/mol. The van der Waals surface area contributed by atoms with Gasteiger partial charge >= 0.3 is 0 Å². The number of hydrogen-bond acceptors (Lipinski definition) is 2. The molecule has 0 aromatic rings. The minimum absolute atomic E-state index is 0.124. The maximum absolute atomic E-state index is 11.4. The predicted molar refractivity (Wildman–Crippen MR) is 54.0 cm³/mol. The van der Waals surface area contributed by atoms with E-state index in [0.717, 1.165) is 5.92 Å². The Kier molecular flexibility index (Phi) is 4.16. The van der Waals surface area contributed by atoms with Crippen molar-refractivity contribution in [1.29, 1.82) is 0 Å². The molecule has 2 N–H and O–H groups in total. The van der Waals surface area contributed by atoms with Crippen molar-refractivity contribution in [2.45, 2.75) is 58.5 Å². The number of hydrogen-bond donors (Lipinski definition) is 2. The average molecular weight is 186 g/mol. The highest BCUT2D eigenvalue weighted by Gasteiger charge is 2.20. The third kappa shape index (κ3) is 3.63. The summed E-state index contributed by atoms with van der Waals surface area (Å²) in [7, 11) is 0. The van der Waals surface area contributed by atoms with Gasteiger partial charge in [-0.2, -0.15) is 5.43 Å². The summed E-state index contributed by atoms with van der Waals surface area (Å²) >= 11 is 0. The third-order valence-corrected chi connectivity index (χ3v) is 2.89. The first kappa shape index (κ1) is 11.0. The van der Waals surface area contributed by atoms with Crippen molar-refractivity contribution in [3.63, 3.8) is 0 Å². The molecule has 13 heavy (non-hydrogen) atoms. The molecule has 1 fully saturated rings. The van der Waals surface area contributed by atoms with E-state index in [9.17, 15) is 5.21 Å². The zero-order valence-electron chi connectivity index (χ0n) is 8.97. The summed E-state index contributed by atoms with van der Waals surface area (Å²) in [4.78, 5) is 0. The van der Waals surface area contributed by atoms with Gasteiger partial charge in [-0.15, -0.1) is 0 Å². The van der Waals surface area contributed by atoms with Crippen LogP contribution < -0.4 is 10.6 Å². The Labute approximate surface area is 81.0 Å². The Bertz CT molecular complexity index is 142. The van der Waals surface area contributed by atoms with Gasteiger partial charge in [-0.1, -0.05) is 6.92 Å². The molecular weight excluding hydrogens is 164 g/mol. The second-order valence-electron chi connectivity index (χ2n) is 4.62. The van der Waals surface area contributed by atoms with E-state index < -0.39 is 0 Å². The Morgan fingerprint density at radius 2 is 1.77 bits per heavy atom. The summed E-state index contributed by atoms with van der Waals surface area (Å²) in [5, 5.41) is 11.6. The number of hydroxylamine groups is 1. The molecule has 0 heterocycles. The molecule has 1 aliphatic rings. The van der Waals surface area contributed by atoms with Crippen molar-refractivity contribution in [3.05, 3.63) is 5.21 Å². The normalized spacial score (nSPS) is 32.1. The minimum atomic E-state index is 0.124. The molecule has 0 aliphatic heterocycles. The van der Waals surface area contributed by atoms with Crippen molar-refractivity contribution in [3.8, 4) is 0 Å². The Balaban J connectivity index is 2.22. The van der Waals surface area contributed by atoms with Crippen LogP contribution in [0.4, 0.5) is 0 Å². The summed E-state index contributed by atoms with van der Waals surface area (Å²) in [6.07, 6.45) is 4.87. The van der Waals surface area contributed by atoms with Gasteiger partial charge in [0.1, 0.15) is 0 Å². The van der Waals surface area contributed by atoms with Gasteiger partial charge in [0.25, 0.3) is 0 Å². The first-order valence-corrected chi connectivity index (χ1v) is 5.40. The molecule has 1 rings (SSSR count). The lowest BCUT2D eigenvalue weighted by Crippen LogP contribution is -3.18. The fourth-order valence-electron chi connectivity index (χ4n) is 1.77. The molecule has 3 nitrogen and oxygen atoms in total.